The molecule has 0 aromatic heterocycles. The van der Waals surface area contributed by atoms with E-state index in [1.807, 2.05) is 35.3 Å². The molecule has 0 spiro atoms. The number of anilines is 1. The van der Waals surface area contributed by atoms with Gasteiger partial charge in [0.15, 0.2) is 0 Å². The summed E-state index contributed by atoms with van der Waals surface area (Å²) in [6.45, 7) is 2.51. The molecular formula is C20H19BrCl2N4O2. The molecule has 6 nitrogen and oxygen atoms in total. The number of benzene rings is 2. The van der Waals surface area contributed by atoms with Crippen LogP contribution in [0.25, 0.3) is 0 Å². The summed E-state index contributed by atoms with van der Waals surface area (Å²) in [6.07, 6.45) is 0.469. The molecule has 4 rings (SSSR count). The zero-order chi connectivity index (χ0) is 20.4. The highest BCUT2D eigenvalue weighted by molar-refractivity contribution is 9.10. The van der Waals surface area contributed by atoms with Gasteiger partial charge < -0.3 is 4.74 Å². The molecule has 2 aromatic rings. The number of rotatable bonds is 4. The van der Waals surface area contributed by atoms with E-state index in [0.717, 1.165) is 10.0 Å². The fourth-order valence-electron chi connectivity index (χ4n) is 3.36. The number of amides is 1. The van der Waals surface area contributed by atoms with Gasteiger partial charge in [0, 0.05) is 29.0 Å². The molecule has 1 fully saturated rings. The summed E-state index contributed by atoms with van der Waals surface area (Å²) in [5, 5.41) is 9.33. The van der Waals surface area contributed by atoms with E-state index in [4.69, 9.17) is 27.9 Å². The molecule has 2 heterocycles. The number of hydrogen-bond donors (Lipinski definition) is 1. The standard InChI is InChI=1S/C20H19BrCl2N4O2/c21-14-3-1-13(2-4-14)19-12-17(20(28)25-26-7-9-29-10-8-26)24-27(19)18-6-5-15(22)11-16(18)23/h1-6,11,19H,7-10,12H2,(H,25,28). The van der Waals surface area contributed by atoms with Crippen LogP contribution in [0.4, 0.5) is 5.69 Å². The average Bonchev–Trinajstić information content (AvgIpc) is 3.14. The summed E-state index contributed by atoms with van der Waals surface area (Å²) < 4.78 is 6.32. The Morgan fingerprint density at radius 1 is 1.14 bits per heavy atom. The average molecular weight is 498 g/mol. The van der Waals surface area contributed by atoms with Gasteiger partial charge in [0.2, 0.25) is 0 Å². The van der Waals surface area contributed by atoms with E-state index in [2.05, 4.69) is 26.5 Å². The van der Waals surface area contributed by atoms with E-state index in [1.165, 1.54) is 0 Å². The van der Waals surface area contributed by atoms with Crippen LogP contribution in [0, 0.1) is 0 Å². The van der Waals surface area contributed by atoms with E-state index in [0.29, 0.717) is 54.2 Å². The number of hydrazine groups is 1. The van der Waals surface area contributed by atoms with Gasteiger partial charge in [-0.15, -0.1) is 0 Å². The van der Waals surface area contributed by atoms with Crippen molar-refractivity contribution in [3.63, 3.8) is 0 Å². The maximum atomic E-state index is 12.8. The monoisotopic (exact) mass is 496 g/mol. The van der Waals surface area contributed by atoms with Crippen molar-refractivity contribution in [1.82, 2.24) is 10.4 Å². The first-order valence-corrected chi connectivity index (χ1v) is 10.8. The molecule has 1 saturated heterocycles. The normalized spacial score (nSPS) is 19.9. The van der Waals surface area contributed by atoms with Crippen LogP contribution >= 0.6 is 39.1 Å². The van der Waals surface area contributed by atoms with Crippen molar-refractivity contribution in [2.24, 2.45) is 5.10 Å². The number of ether oxygens (including phenoxy) is 1. The molecule has 2 aromatic carbocycles. The molecule has 1 amide bonds. The van der Waals surface area contributed by atoms with E-state index in [-0.39, 0.29) is 11.9 Å². The van der Waals surface area contributed by atoms with Gasteiger partial charge in [-0.2, -0.15) is 5.10 Å². The lowest BCUT2D eigenvalue weighted by molar-refractivity contribution is -0.121. The molecule has 29 heavy (non-hydrogen) atoms. The highest BCUT2D eigenvalue weighted by Crippen LogP contribution is 2.39. The Bertz CT molecular complexity index is 933. The summed E-state index contributed by atoms with van der Waals surface area (Å²) in [6, 6.07) is 13.1. The number of morpholine rings is 1. The van der Waals surface area contributed by atoms with Gasteiger partial charge in [-0.05, 0) is 35.9 Å². The van der Waals surface area contributed by atoms with Gasteiger partial charge in [0.1, 0.15) is 5.71 Å². The Hall–Kier alpha value is -1.64. The maximum Gasteiger partial charge on any atom is 0.281 e. The Morgan fingerprint density at radius 3 is 2.55 bits per heavy atom. The Morgan fingerprint density at radius 2 is 1.86 bits per heavy atom. The van der Waals surface area contributed by atoms with Gasteiger partial charge in [0.05, 0.1) is 30.0 Å². The maximum absolute atomic E-state index is 12.8. The lowest BCUT2D eigenvalue weighted by Crippen LogP contribution is -2.50. The van der Waals surface area contributed by atoms with Crippen LogP contribution in [0.1, 0.15) is 18.0 Å². The first kappa shape index (κ1) is 20.6. The second-order valence-electron chi connectivity index (χ2n) is 6.80. The number of hydrazone groups is 1. The fourth-order valence-corrected chi connectivity index (χ4v) is 4.12. The smallest absolute Gasteiger partial charge is 0.281 e. The third-order valence-corrected chi connectivity index (χ3v) is 5.92. The Labute approximate surface area is 187 Å². The molecule has 2 aliphatic rings. The van der Waals surface area contributed by atoms with Gasteiger partial charge in [-0.3, -0.25) is 15.2 Å². The molecule has 152 valence electrons. The third-order valence-electron chi connectivity index (χ3n) is 4.85. The number of halogens is 3. The van der Waals surface area contributed by atoms with Crippen LogP contribution in [-0.4, -0.2) is 42.9 Å². The number of hydrogen-bond acceptors (Lipinski definition) is 5. The molecule has 0 aliphatic carbocycles. The third kappa shape index (κ3) is 4.75. The van der Waals surface area contributed by atoms with Gasteiger partial charge in [-0.1, -0.05) is 51.3 Å². The second kappa shape index (κ2) is 9.02. The summed E-state index contributed by atoms with van der Waals surface area (Å²) >= 11 is 16.0. The van der Waals surface area contributed by atoms with Crippen molar-refractivity contribution in [1.29, 1.82) is 0 Å². The van der Waals surface area contributed by atoms with Crippen molar-refractivity contribution in [3.05, 3.63) is 62.5 Å². The van der Waals surface area contributed by atoms with Crippen LogP contribution in [0.3, 0.4) is 0 Å². The summed E-state index contributed by atoms with van der Waals surface area (Å²) in [4.78, 5) is 12.8. The summed E-state index contributed by atoms with van der Waals surface area (Å²) in [5.41, 5.74) is 5.13. The molecule has 0 radical (unpaired) electrons. The minimum Gasteiger partial charge on any atom is -0.379 e. The first-order chi connectivity index (χ1) is 14.0. The van der Waals surface area contributed by atoms with Crippen molar-refractivity contribution in [3.8, 4) is 0 Å². The van der Waals surface area contributed by atoms with E-state index < -0.39 is 0 Å². The number of carbonyl (C=O) groups excluding carboxylic acids is 1. The summed E-state index contributed by atoms with van der Waals surface area (Å²) in [5.74, 6) is -0.207. The van der Waals surface area contributed by atoms with Crippen molar-refractivity contribution in [2.75, 3.05) is 31.3 Å². The van der Waals surface area contributed by atoms with Crippen LogP contribution in [0.5, 0.6) is 0 Å². The quantitative estimate of drug-likeness (QED) is 0.679. The largest absolute Gasteiger partial charge is 0.379 e. The molecule has 0 saturated carbocycles. The molecule has 2 aliphatic heterocycles. The number of nitrogens with one attached hydrogen (secondary N) is 1. The van der Waals surface area contributed by atoms with Gasteiger partial charge >= 0.3 is 0 Å². The fraction of sp³-hybridized carbons (Fsp3) is 0.300. The van der Waals surface area contributed by atoms with E-state index >= 15 is 0 Å². The Kier molecular flexibility index (Phi) is 6.41. The van der Waals surface area contributed by atoms with E-state index in [1.54, 1.807) is 17.1 Å². The molecule has 0 bridgehead atoms. The minimum atomic E-state index is -0.207. The predicted molar refractivity (Wildman–Crippen MR) is 118 cm³/mol. The predicted octanol–water partition coefficient (Wildman–Crippen LogP) is 4.43. The van der Waals surface area contributed by atoms with Crippen molar-refractivity contribution in [2.45, 2.75) is 12.5 Å². The number of nitrogens with zero attached hydrogens (tertiary/aromatic N) is 3. The lowest BCUT2D eigenvalue weighted by Gasteiger charge is -2.26. The van der Waals surface area contributed by atoms with Crippen LogP contribution < -0.4 is 10.4 Å². The SMILES string of the molecule is O=C(NN1CCOCC1)C1=NN(c2ccc(Cl)cc2Cl)C(c2ccc(Br)cc2)C1. The zero-order valence-corrected chi connectivity index (χ0v) is 18.5. The van der Waals surface area contributed by atoms with Crippen LogP contribution in [0.15, 0.2) is 52.0 Å². The molecule has 1 N–H and O–H groups in total. The highest BCUT2D eigenvalue weighted by Gasteiger charge is 2.34. The lowest BCUT2D eigenvalue weighted by atomic mass is 10.0. The topological polar surface area (TPSA) is 57.2 Å². The number of carbonyl (C=O) groups is 1. The molecule has 9 heteroatoms. The summed E-state index contributed by atoms with van der Waals surface area (Å²) in [7, 11) is 0. The van der Waals surface area contributed by atoms with Gasteiger partial charge in [0.25, 0.3) is 5.91 Å². The second-order valence-corrected chi connectivity index (χ2v) is 8.56. The zero-order valence-electron chi connectivity index (χ0n) is 15.4. The van der Waals surface area contributed by atoms with E-state index in [9.17, 15) is 4.79 Å². The molecule has 1 atom stereocenters. The van der Waals surface area contributed by atoms with Gasteiger partial charge in [-0.25, -0.2) is 5.01 Å². The van der Waals surface area contributed by atoms with Crippen LogP contribution in [-0.2, 0) is 9.53 Å². The van der Waals surface area contributed by atoms with Crippen molar-refractivity contribution >= 4 is 56.4 Å². The highest BCUT2D eigenvalue weighted by atomic mass is 79.9. The molecular weight excluding hydrogens is 479 g/mol. The van der Waals surface area contributed by atoms with Crippen LogP contribution in [0.2, 0.25) is 10.0 Å². The first-order valence-electron chi connectivity index (χ1n) is 9.22. The minimum absolute atomic E-state index is 0.146. The molecule has 1 unspecified atom stereocenters. The Balaban J connectivity index is 1.62. The van der Waals surface area contributed by atoms with Crippen molar-refractivity contribution < 1.29 is 9.53 Å².